The highest BCUT2D eigenvalue weighted by Gasteiger charge is 2.22. The Kier molecular flexibility index (Phi) is 6.17. The van der Waals surface area contributed by atoms with E-state index in [0.29, 0.717) is 6.54 Å². The number of nitriles is 1. The molecule has 38 heavy (non-hydrogen) atoms. The average molecular weight is 498 g/mol. The molecule has 0 radical (unpaired) electrons. The fourth-order valence-electron chi connectivity index (χ4n) is 5.76. The van der Waals surface area contributed by atoms with Gasteiger partial charge in [-0.05, 0) is 78.8 Å². The zero-order valence-electron chi connectivity index (χ0n) is 22.2. The summed E-state index contributed by atoms with van der Waals surface area (Å²) >= 11 is 0. The van der Waals surface area contributed by atoms with Crippen molar-refractivity contribution in [1.29, 1.82) is 5.26 Å². The Morgan fingerprint density at radius 3 is 2.45 bits per heavy atom. The first-order valence-corrected chi connectivity index (χ1v) is 13.3. The van der Waals surface area contributed by atoms with Crippen LogP contribution in [0.3, 0.4) is 0 Å². The van der Waals surface area contributed by atoms with Gasteiger partial charge in [0.05, 0.1) is 18.2 Å². The standard InChI is InChI=1S/C33H31N5/c1-4-31-36-32-22(2)17-23(3)35-33(32)38(31)20-24-13-16-30-26(18-24)15-14-25-9-7-8-12-29(25)37(30)21-28-11-6-5-10-27(28)19-34/h5-13,16-18H,4,14-15,20-21H2,1-3H3. The molecule has 0 atom stereocenters. The summed E-state index contributed by atoms with van der Waals surface area (Å²) in [5.41, 5.74) is 12.3. The summed E-state index contributed by atoms with van der Waals surface area (Å²) in [6.07, 6.45) is 2.82. The summed E-state index contributed by atoms with van der Waals surface area (Å²) in [5.74, 6) is 1.07. The van der Waals surface area contributed by atoms with E-state index in [0.717, 1.165) is 59.6 Å². The predicted molar refractivity (Wildman–Crippen MR) is 153 cm³/mol. The number of aryl methyl sites for hydroxylation is 5. The average Bonchev–Trinajstić information content (AvgIpc) is 3.20. The molecule has 1 aliphatic heterocycles. The van der Waals surface area contributed by atoms with Gasteiger partial charge < -0.3 is 9.47 Å². The number of imidazole rings is 1. The van der Waals surface area contributed by atoms with Crippen molar-refractivity contribution in [2.45, 2.75) is 53.1 Å². The molecule has 188 valence electrons. The molecule has 0 fully saturated rings. The maximum absolute atomic E-state index is 9.72. The van der Waals surface area contributed by atoms with Crippen molar-refractivity contribution >= 4 is 22.5 Å². The molecular weight excluding hydrogens is 466 g/mol. The molecule has 3 heterocycles. The summed E-state index contributed by atoms with van der Waals surface area (Å²) in [4.78, 5) is 12.2. The van der Waals surface area contributed by atoms with E-state index in [1.54, 1.807) is 0 Å². The number of hydrogen-bond acceptors (Lipinski definition) is 4. The van der Waals surface area contributed by atoms with E-state index in [2.05, 4.69) is 90.9 Å². The van der Waals surface area contributed by atoms with Crippen LogP contribution in [-0.2, 0) is 32.4 Å². The van der Waals surface area contributed by atoms with Crippen molar-refractivity contribution in [3.05, 3.63) is 118 Å². The molecule has 2 aromatic heterocycles. The Hall–Kier alpha value is -4.43. The Labute approximate surface area is 224 Å². The van der Waals surface area contributed by atoms with E-state index < -0.39 is 0 Å². The van der Waals surface area contributed by atoms with Crippen molar-refractivity contribution in [3.63, 3.8) is 0 Å². The maximum Gasteiger partial charge on any atom is 0.160 e. The lowest BCUT2D eigenvalue weighted by molar-refractivity contribution is 0.744. The highest BCUT2D eigenvalue weighted by Crippen LogP contribution is 2.38. The fourth-order valence-corrected chi connectivity index (χ4v) is 5.76. The first-order valence-electron chi connectivity index (χ1n) is 13.3. The zero-order chi connectivity index (χ0) is 26.2. The molecule has 6 rings (SSSR count). The lowest BCUT2D eigenvalue weighted by atomic mass is 10.0. The number of pyridine rings is 1. The SMILES string of the molecule is CCc1nc2c(C)cc(C)nc2n1Cc1ccc2c(c1)CCc1ccccc1N2Cc1ccccc1C#N. The smallest absolute Gasteiger partial charge is 0.160 e. The summed E-state index contributed by atoms with van der Waals surface area (Å²) < 4.78 is 2.28. The lowest BCUT2D eigenvalue weighted by Gasteiger charge is -2.28. The molecule has 0 saturated carbocycles. The van der Waals surface area contributed by atoms with Crippen LogP contribution in [0.2, 0.25) is 0 Å². The molecule has 5 heteroatoms. The van der Waals surface area contributed by atoms with Gasteiger partial charge in [0.15, 0.2) is 5.65 Å². The number of hydrogen-bond donors (Lipinski definition) is 0. The summed E-state index contributed by atoms with van der Waals surface area (Å²) in [5, 5.41) is 9.72. The Balaban J connectivity index is 1.42. The minimum atomic E-state index is 0.654. The van der Waals surface area contributed by atoms with Gasteiger partial charge in [0, 0.05) is 30.0 Å². The number of para-hydroxylation sites is 1. The molecule has 0 N–H and O–H groups in total. The summed E-state index contributed by atoms with van der Waals surface area (Å²) in [6, 6.07) is 27.9. The molecule has 0 amide bonds. The Bertz CT molecular complexity index is 1710. The third-order valence-electron chi connectivity index (χ3n) is 7.61. The minimum absolute atomic E-state index is 0.654. The second kappa shape index (κ2) is 9.79. The van der Waals surface area contributed by atoms with E-state index >= 15 is 0 Å². The monoisotopic (exact) mass is 497 g/mol. The number of aromatic nitrogens is 3. The molecule has 0 aliphatic carbocycles. The van der Waals surface area contributed by atoms with Crippen LogP contribution in [0, 0.1) is 25.2 Å². The van der Waals surface area contributed by atoms with Gasteiger partial charge in [-0.2, -0.15) is 5.26 Å². The third-order valence-corrected chi connectivity index (χ3v) is 7.61. The number of anilines is 2. The quantitative estimate of drug-likeness (QED) is 0.263. The van der Waals surface area contributed by atoms with Crippen molar-refractivity contribution in [2.75, 3.05) is 4.90 Å². The topological polar surface area (TPSA) is 57.7 Å². The lowest BCUT2D eigenvalue weighted by Crippen LogP contribution is -2.18. The van der Waals surface area contributed by atoms with Crippen LogP contribution < -0.4 is 4.90 Å². The van der Waals surface area contributed by atoms with Crippen molar-refractivity contribution in [2.24, 2.45) is 0 Å². The second-order valence-corrected chi connectivity index (χ2v) is 10.2. The van der Waals surface area contributed by atoms with E-state index in [-0.39, 0.29) is 0 Å². The number of rotatable bonds is 5. The van der Waals surface area contributed by atoms with Gasteiger partial charge in [0.2, 0.25) is 0 Å². The van der Waals surface area contributed by atoms with Crippen LogP contribution in [-0.4, -0.2) is 14.5 Å². The van der Waals surface area contributed by atoms with Crippen molar-refractivity contribution < 1.29 is 0 Å². The van der Waals surface area contributed by atoms with Gasteiger partial charge in [0.1, 0.15) is 11.3 Å². The van der Waals surface area contributed by atoms with Gasteiger partial charge >= 0.3 is 0 Å². The zero-order valence-corrected chi connectivity index (χ0v) is 22.2. The van der Waals surface area contributed by atoms with Crippen LogP contribution in [0.1, 0.15) is 51.8 Å². The molecule has 0 saturated heterocycles. The molecule has 0 bridgehead atoms. The maximum atomic E-state index is 9.72. The van der Waals surface area contributed by atoms with Crippen LogP contribution in [0.15, 0.2) is 72.8 Å². The molecule has 3 aromatic carbocycles. The third kappa shape index (κ3) is 4.22. The van der Waals surface area contributed by atoms with Crippen molar-refractivity contribution in [1.82, 2.24) is 14.5 Å². The van der Waals surface area contributed by atoms with Crippen LogP contribution in [0.5, 0.6) is 0 Å². The molecule has 0 spiro atoms. The van der Waals surface area contributed by atoms with E-state index in [4.69, 9.17) is 9.97 Å². The number of nitrogens with zero attached hydrogens (tertiary/aromatic N) is 5. The minimum Gasteiger partial charge on any atom is -0.336 e. The first-order chi connectivity index (χ1) is 18.6. The predicted octanol–water partition coefficient (Wildman–Crippen LogP) is 6.97. The summed E-state index contributed by atoms with van der Waals surface area (Å²) in [7, 11) is 0. The molecule has 5 nitrogen and oxygen atoms in total. The fraction of sp³-hybridized carbons (Fsp3) is 0.242. The normalized spacial score (nSPS) is 12.6. The van der Waals surface area contributed by atoms with Crippen LogP contribution in [0.4, 0.5) is 11.4 Å². The second-order valence-electron chi connectivity index (χ2n) is 10.2. The van der Waals surface area contributed by atoms with Crippen LogP contribution >= 0.6 is 0 Å². The molecule has 5 aromatic rings. The molecule has 1 aliphatic rings. The van der Waals surface area contributed by atoms with E-state index in [9.17, 15) is 5.26 Å². The van der Waals surface area contributed by atoms with Gasteiger partial charge in [-0.1, -0.05) is 55.5 Å². The highest BCUT2D eigenvalue weighted by atomic mass is 15.1. The van der Waals surface area contributed by atoms with Gasteiger partial charge in [-0.15, -0.1) is 0 Å². The number of fused-ring (bicyclic) bond motifs is 3. The Morgan fingerprint density at radius 1 is 0.842 bits per heavy atom. The van der Waals surface area contributed by atoms with Gasteiger partial charge in [-0.25, -0.2) is 9.97 Å². The first kappa shape index (κ1) is 23.9. The molecule has 0 unspecified atom stereocenters. The van der Waals surface area contributed by atoms with Gasteiger partial charge in [-0.3, -0.25) is 0 Å². The van der Waals surface area contributed by atoms with Crippen LogP contribution in [0.25, 0.3) is 11.2 Å². The highest BCUT2D eigenvalue weighted by molar-refractivity contribution is 5.76. The summed E-state index contributed by atoms with van der Waals surface area (Å²) in [6.45, 7) is 7.72. The van der Waals surface area contributed by atoms with E-state index in [1.165, 1.54) is 33.6 Å². The molecular formula is C33H31N5. The Morgan fingerprint density at radius 2 is 1.61 bits per heavy atom. The number of benzene rings is 3. The van der Waals surface area contributed by atoms with Gasteiger partial charge in [0.25, 0.3) is 0 Å². The largest absolute Gasteiger partial charge is 0.336 e. The van der Waals surface area contributed by atoms with E-state index in [1.807, 2.05) is 18.2 Å². The van der Waals surface area contributed by atoms with Crippen molar-refractivity contribution in [3.8, 4) is 6.07 Å².